The van der Waals surface area contributed by atoms with Crippen molar-refractivity contribution < 1.29 is 18.6 Å². The third-order valence-electron chi connectivity index (χ3n) is 6.23. The lowest BCUT2D eigenvalue weighted by Crippen LogP contribution is -2.41. The Morgan fingerprint density at radius 3 is 2.61 bits per heavy atom. The first-order valence-electron chi connectivity index (χ1n) is 12.9. The normalized spacial score (nSPS) is 24.4. The van der Waals surface area contributed by atoms with Crippen molar-refractivity contribution in [3.63, 3.8) is 0 Å². The quantitative estimate of drug-likeness (QED) is 0.328. The van der Waals surface area contributed by atoms with Crippen LogP contribution in [0.2, 0.25) is 0 Å². The van der Waals surface area contributed by atoms with Crippen molar-refractivity contribution >= 4 is 22.8 Å². The fourth-order valence-electron chi connectivity index (χ4n) is 4.19. The van der Waals surface area contributed by atoms with E-state index in [9.17, 15) is 8.78 Å². The summed E-state index contributed by atoms with van der Waals surface area (Å²) < 4.78 is 30.7. The number of hydrogen-bond donors (Lipinski definition) is 1. The van der Waals surface area contributed by atoms with Gasteiger partial charge in [0.1, 0.15) is 5.54 Å². The fraction of sp³-hybridized carbons (Fsp3) is 0.692. The molecule has 7 nitrogen and oxygen atoms in total. The van der Waals surface area contributed by atoms with Crippen LogP contribution in [0.1, 0.15) is 77.7 Å². The number of nitrogens with zero attached hydrogens (tertiary/aromatic N) is 5. The van der Waals surface area contributed by atoms with Gasteiger partial charge in [-0.25, -0.2) is 18.8 Å². The van der Waals surface area contributed by atoms with Crippen molar-refractivity contribution in [3.05, 3.63) is 35.4 Å². The molecular weight excluding hydrogens is 484 g/mol. The minimum atomic E-state index is -0.755. The Bertz CT molecular complexity index is 952. The summed E-state index contributed by atoms with van der Waals surface area (Å²) in [7, 11) is 0. The molecule has 2 atom stereocenters. The van der Waals surface area contributed by atoms with E-state index in [2.05, 4.69) is 22.3 Å². The molecule has 2 fully saturated rings. The number of benzene rings is 1. The van der Waals surface area contributed by atoms with E-state index in [1.807, 2.05) is 25.8 Å². The third-order valence-corrected chi connectivity index (χ3v) is 7.32. The average Bonchev–Trinajstić information content (AvgIpc) is 3.53. The standard InChI is InChI=1S/C17H31N5O2S.C9H8F2/c1-5-11-25-16(18-6-2)19-15-17(3,4)20-21-22(15)13-7-8-14(12-13)24-10-9-23;10-8-4-3-7(5-9(8)11)6-1-2-6/h13-14,23H,5-12H2,1-4H3;3-6H,1-2H2/b18-16?,19-15+;/t13-,14?;/m0./s1. The first kappa shape index (κ1) is 28.7. The maximum absolute atomic E-state index is 12.6. The van der Waals surface area contributed by atoms with Crippen molar-refractivity contribution in [3.8, 4) is 0 Å². The molecule has 1 aliphatic heterocycles. The summed E-state index contributed by atoms with van der Waals surface area (Å²) in [6.45, 7) is 9.45. The van der Waals surface area contributed by atoms with Gasteiger partial charge in [-0.2, -0.15) is 5.11 Å². The van der Waals surface area contributed by atoms with Crippen molar-refractivity contribution in [1.29, 1.82) is 0 Å². The zero-order chi connectivity index (χ0) is 26.1. The second-order valence-corrected chi connectivity index (χ2v) is 10.8. The molecule has 0 spiro atoms. The molecule has 1 aromatic rings. The number of aliphatic imine (C=N–C) groups is 2. The van der Waals surface area contributed by atoms with E-state index >= 15 is 0 Å². The summed E-state index contributed by atoms with van der Waals surface area (Å²) in [6, 6.07) is 4.40. The van der Waals surface area contributed by atoms with Gasteiger partial charge in [-0.15, -0.1) is 0 Å². The minimum absolute atomic E-state index is 0.0653. The molecule has 0 aromatic heterocycles. The number of aliphatic hydroxyl groups is 1. The zero-order valence-electron chi connectivity index (χ0n) is 21.8. The molecule has 2 saturated carbocycles. The molecule has 1 aromatic carbocycles. The summed E-state index contributed by atoms with van der Waals surface area (Å²) in [6.07, 6.45) is 6.35. The van der Waals surface area contributed by atoms with Gasteiger partial charge in [0.2, 0.25) is 0 Å². The molecule has 4 rings (SSSR count). The molecule has 2 aliphatic carbocycles. The molecule has 0 radical (unpaired) electrons. The number of thioether (sulfide) groups is 1. The highest BCUT2D eigenvalue weighted by atomic mass is 32.2. The number of rotatable bonds is 8. The SMILES string of the molecule is CCCSC(=NCC)/N=C1/N([C@H]2CCC(OCCO)C2)N=NC1(C)C.Fc1ccc(C2CC2)cc1F. The van der Waals surface area contributed by atoms with Gasteiger partial charge in [0, 0.05) is 12.3 Å². The van der Waals surface area contributed by atoms with Crippen LogP contribution in [0.15, 0.2) is 38.5 Å². The number of amidine groups is 2. The first-order chi connectivity index (χ1) is 17.3. The third kappa shape index (κ3) is 8.05. The summed E-state index contributed by atoms with van der Waals surface area (Å²) in [5, 5.41) is 20.6. The first-order valence-corrected chi connectivity index (χ1v) is 13.9. The van der Waals surface area contributed by atoms with Gasteiger partial charge in [-0.3, -0.25) is 4.99 Å². The van der Waals surface area contributed by atoms with Crippen LogP contribution in [0.5, 0.6) is 0 Å². The number of ether oxygens (including phenoxy) is 1. The van der Waals surface area contributed by atoms with Crippen LogP contribution in [0.4, 0.5) is 8.78 Å². The van der Waals surface area contributed by atoms with Crippen LogP contribution in [-0.4, -0.2) is 64.3 Å². The summed E-state index contributed by atoms with van der Waals surface area (Å²) >= 11 is 1.69. The molecular formula is C26H39F2N5O2S. The summed E-state index contributed by atoms with van der Waals surface area (Å²) in [5.74, 6) is 0.884. The molecule has 200 valence electrons. The van der Waals surface area contributed by atoms with Gasteiger partial charge in [0.15, 0.2) is 22.6 Å². The molecule has 36 heavy (non-hydrogen) atoms. The van der Waals surface area contributed by atoms with Gasteiger partial charge in [-0.1, -0.05) is 30.0 Å². The van der Waals surface area contributed by atoms with Crippen LogP contribution in [0.25, 0.3) is 0 Å². The van der Waals surface area contributed by atoms with Gasteiger partial charge in [0.25, 0.3) is 0 Å². The number of aliphatic hydroxyl groups excluding tert-OH is 1. The van der Waals surface area contributed by atoms with E-state index in [-0.39, 0.29) is 18.8 Å². The summed E-state index contributed by atoms with van der Waals surface area (Å²) in [4.78, 5) is 9.39. The highest BCUT2D eigenvalue weighted by molar-refractivity contribution is 8.13. The van der Waals surface area contributed by atoms with Gasteiger partial charge in [0.05, 0.1) is 25.4 Å². The van der Waals surface area contributed by atoms with Crippen molar-refractivity contribution in [2.24, 2.45) is 20.3 Å². The Kier molecular flexibility index (Phi) is 10.8. The maximum atomic E-state index is 12.6. The topological polar surface area (TPSA) is 82.1 Å². The zero-order valence-corrected chi connectivity index (χ0v) is 22.6. The number of halogens is 2. The van der Waals surface area contributed by atoms with Crippen LogP contribution in [-0.2, 0) is 4.74 Å². The monoisotopic (exact) mass is 523 g/mol. The van der Waals surface area contributed by atoms with Crippen LogP contribution in [0, 0.1) is 11.6 Å². The molecule has 1 heterocycles. The lowest BCUT2D eigenvalue weighted by Gasteiger charge is -2.25. The van der Waals surface area contributed by atoms with Crippen molar-refractivity contribution in [2.45, 2.75) is 89.8 Å². The molecule has 1 N–H and O–H groups in total. The molecule has 1 unspecified atom stereocenters. The van der Waals surface area contributed by atoms with E-state index in [0.717, 1.165) is 67.4 Å². The number of hydrogen-bond acceptors (Lipinski definition) is 6. The smallest absolute Gasteiger partial charge is 0.184 e. The highest BCUT2D eigenvalue weighted by Gasteiger charge is 2.42. The summed E-state index contributed by atoms with van der Waals surface area (Å²) in [5.41, 5.74) is 0.495. The fourth-order valence-corrected chi connectivity index (χ4v) is 4.95. The molecule has 3 aliphatic rings. The Labute approximate surface area is 217 Å². The van der Waals surface area contributed by atoms with Gasteiger partial charge in [-0.05, 0) is 82.9 Å². The van der Waals surface area contributed by atoms with E-state index in [1.165, 1.54) is 12.1 Å². The van der Waals surface area contributed by atoms with E-state index in [0.29, 0.717) is 12.5 Å². The Morgan fingerprint density at radius 1 is 1.19 bits per heavy atom. The largest absolute Gasteiger partial charge is 0.394 e. The maximum Gasteiger partial charge on any atom is 0.184 e. The Balaban J connectivity index is 0.000000270. The minimum Gasteiger partial charge on any atom is -0.394 e. The Morgan fingerprint density at radius 2 is 1.97 bits per heavy atom. The molecule has 0 saturated heterocycles. The van der Waals surface area contributed by atoms with Crippen LogP contribution < -0.4 is 0 Å². The molecule has 0 bridgehead atoms. The predicted molar refractivity (Wildman–Crippen MR) is 142 cm³/mol. The van der Waals surface area contributed by atoms with Crippen LogP contribution in [0.3, 0.4) is 0 Å². The highest BCUT2D eigenvalue weighted by Crippen LogP contribution is 2.40. The lowest BCUT2D eigenvalue weighted by atomic mass is 10.0. The second-order valence-electron chi connectivity index (χ2n) is 9.76. The van der Waals surface area contributed by atoms with Gasteiger partial charge < -0.3 is 9.84 Å². The predicted octanol–water partition coefficient (Wildman–Crippen LogP) is 6.14. The Hall–Kier alpha value is -1.91. The molecule has 0 amide bonds. The van der Waals surface area contributed by atoms with E-state index in [1.54, 1.807) is 17.8 Å². The van der Waals surface area contributed by atoms with Crippen molar-refractivity contribution in [1.82, 2.24) is 5.01 Å². The average molecular weight is 524 g/mol. The van der Waals surface area contributed by atoms with Gasteiger partial charge >= 0.3 is 0 Å². The van der Waals surface area contributed by atoms with Crippen molar-refractivity contribution in [2.75, 3.05) is 25.5 Å². The molecule has 10 heteroatoms. The van der Waals surface area contributed by atoms with E-state index in [4.69, 9.17) is 14.8 Å². The lowest BCUT2D eigenvalue weighted by molar-refractivity contribution is 0.0301. The second kappa shape index (κ2) is 13.6. The van der Waals surface area contributed by atoms with E-state index < -0.39 is 17.2 Å². The van der Waals surface area contributed by atoms with Crippen LogP contribution >= 0.6 is 11.8 Å².